The summed E-state index contributed by atoms with van der Waals surface area (Å²) < 4.78 is 14.6. The van der Waals surface area contributed by atoms with Crippen LogP contribution in [0.2, 0.25) is 5.02 Å². The molecule has 2 saturated heterocycles. The summed E-state index contributed by atoms with van der Waals surface area (Å²) >= 11 is 6.05. The SMILES string of the molecule is COc1ccc2c(c1)c(CC(=O)OCn1ccc3c(N4CC[C@]5(C4)[C@@H](C)CN5C(=O)CC#N)ncnc31)c(C)n2C(=O)c1ccc(Cl)cc1. The molecule has 49 heavy (non-hydrogen) atoms. The van der Waals surface area contributed by atoms with Crippen LogP contribution in [0.15, 0.2) is 61.1 Å². The van der Waals surface area contributed by atoms with Crippen LogP contribution in [-0.2, 0) is 27.5 Å². The lowest BCUT2D eigenvalue weighted by Gasteiger charge is -2.55. The van der Waals surface area contributed by atoms with Crippen molar-refractivity contribution < 1.29 is 23.9 Å². The number of esters is 1. The highest BCUT2D eigenvalue weighted by Crippen LogP contribution is 2.45. The van der Waals surface area contributed by atoms with Crippen LogP contribution in [0, 0.1) is 24.2 Å². The van der Waals surface area contributed by atoms with E-state index in [9.17, 15) is 14.4 Å². The van der Waals surface area contributed by atoms with Crippen molar-refractivity contribution in [2.45, 2.75) is 45.4 Å². The standard InChI is InChI=1S/C36H34ClN7O5/c1-22-18-43(31(45)10-13-38)36(22)12-15-41(19-36)33-27-11-14-42(34(27)40-20-39-33)21-49-32(46)17-28-23(2)44(30-9-8-26(48-3)16-29(28)30)35(47)24-4-6-25(37)7-5-24/h4-9,11,14,16,20,22H,10,12,15,17-19,21H2,1-3H3/t22-,36-/m0/s1. The third-order valence-corrected chi connectivity index (χ3v) is 10.3. The number of likely N-dealkylation sites (tertiary alicyclic amines) is 1. The minimum Gasteiger partial charge on any atom is -0.497 e. The highest BCUT2D eigenvalue weighted by atomic mass is 35.5. The lowest BCUT2D eigenvalue weighted by atomic mass is 9.74. The third-order valence-electron chi connectivity index (χ3n) is 10.1. The molecule has 0 bridgehead atoms. The maximum Gasteiger partial charge on any atom is 0.312 e. The molecule has 2 atom stereocenters. The molecule has 1 spiro atoms. The van der Waals surface area contributed by atoms with E-state index in [-0.39, 0.29) is 36.9 Å². The van der Waals surface area contributed by atoms with E-state index in [4.69, 9.17) is 26.3 Å². The maximum absolute atomic E-state index is 13.6. The Morgan fingerprint density at radius 3 is 2.63 bits per heavy atom. The van der Waals surface area contributed by atoms with E-state index in [0.717, 1.165) is 23.0 Å². The van der Waals surface area contributed by atoms with E-state index in [1.54, 1.807) is 46.6 Å². The Kier molecular flexibility index (Phi) is 8.24. The van der Waals surface area contributed by atoms with Gasteiger partial charge in [0.25, 0.3) is 5.91 Å². The minimum atomic E-state index is -0.470. The molecule has 12 nitrogen and oxygen atoms in total. The summed E-state index contributed by atoms with van der Waals surface area (Å²) in [6, 6.07) is 16.0. The van der Waals surface area contributed by atoms with Crippen molar-refractivity contribution in [3.8, 4) is 11.8 Å². The molecule has 3 aromatic heterocycles. The van der Waals surface area contributed by atoms with Crippen LogP contribution in [0.3, 0.4) is 0 Å². The van der Waals surface area contributed by atoms with Crippen molar-refractivity contribution in [1.82, 2.24) is 24.0 Å². The number of hydrogen-bond donors (Lipinski definition) is 0. The first kappa shape index (κ1) is 32.2. The average Bonchev–Trinajstić information content (AvgIpc) is 3.82. The molecule has 5 heterocycles. The molecule has 2 aromatic carbocycles. The Morgan fingerprint density at radius 2 is 1.90 bits per heavy atom. The Bertz CT molecular complexity index is 2170. The summed E-state index contributed by atoms with van der Waals surface area (Å²) in [4.78, 5) is 52.7. The number of nitriles is 1. The number of hydrogen-bond acceptors (Lipinski definition) is 9. The minimum absolute atomic E-state index is 0.0646. The number of ether oxygens (including phenoxy) is 2. The summed E-state index contributed by atoms with van der Waals surface area (Å²) in [6.07, 6.45) is 3.91. The maximum atomic E-state index is 13.6. The average molecular weight is 680 g/mol. The number of carbonyl (C=O) groups is 3. The van der Waals surface area contributed by atoms with Gasteiger partial charge in [0, 0.05) is 47.5 Å². The monoisotopic (exact) mass is 679 g/mol. The Hall–Kier alpha value is -5.41. The summed E-state index contributed by atoms with van der Waals surface area (Å²) in [5.74, 6) is 0.829. The number of halogens is 1. The lowest BCUT2D eigenvalue weighted by molar-refractivity contribution is -0.152. The van der Waals surface area contributed by atoms with Gasteiger partial charge in [-0.05, 0) is 73.4 Å². The molecule has 0 aliphatic carbocycles. The first-order valence-electron chi connectivity index (χ1n) is 16.0. The zero-order chi connectivity index (χ0) is 34.4. The number of aromatic nitrogens is 4. The zero-order valence-corrected chi connectivity index (χ0v) is 28.1. The topological polar surface area (TPSA) is 136 Å². The first-order valence-corrected chi connectivity index (χ1v) is 16.4. The smallest absolute Gasteiger partial charge is 0.312 e. The van der Waals surface area contributed by atoms with Crippen LogP contribution in [-0.4, -0.2) is 74.1 Å². The van der Waals surface area contributed by atoms with E-state index in [1.807, 2.05) is 42.3 Å². The molecule has 250 valence electrons. The summed E-state index contributed by atoms with van der Waals surface area (Å²) in [5, 5.41) is 11.1. The van der Waals surface area contributed by atoms with Gasteiger partial charge in [0.1, 0.15) is 30.0 Å². The predicted molar refractivity (Wildman–Crippen MR) is 182 cm³/mol. The molecule has 0 unspecified atom stereocenters. The van der Waals surface area contributed by atoms with Crippen LogP contribution in [0.1, 0.15) is 41.4 Å². The van der Waals surface area contributed by atoms with Gasteiger partial charge < -0.3 is 19.3 Å². The van der Waals surface area contributed by atoms with Crippen molar-refractivity contribution in [1.29, 1.82) is 5.26 Å². The predicted octanol–water partition coefficient (Wildman–Crippen LogP) is 5.13. The zero-order valence-electron chi connectivity index (χ0n) is 27.4. The largest absolute Gasteiger partial charge is 0.497 e. The number of benzene rings is 2. The fourth-order valence-corrected chi connectivity index (χ4v) is 7.52. The second kappa shape index (κ2) is 12.6. The first-order chi connectivity index (χ1) is 23.6. The second-order valence-electron chi connectivity index (χ2n) is 12.7. The molecule has 0 radical (unpaired) electrons. The van der Waals surface area contributed by atoms with Gasteiger partial charge in [-0.1, -0.05) is 18.5 Å². The van der Waals surface area contributed by atoms with Crippen LogP contribution in [0.5, 0.6) is 5.75 Å². The van der Waals surface area contributed by atoms with Gasteiger partial charge in [-0.3, -0.25) is 23.5 Å². The van der Waals surface area contributed by atoms with Crippen molar-refractivity contribution in [3.63, 3.8) is 0 Å². The molecule has 7 rings (SSSR count). The Labute approximate surface area is 287 Å². The fourth-order valence-electron chi connectivity index (χ4n) is 7.39. The number of nitrogens with zero attached hydrogens (tertiary/aromatic N) is 7. The molecule has 5 aromatic rings. The lowest BCUT2D eigenvalue weighted by Crippen LogP contribution is -2.69. The van der Waals surface area contributed by atoms with Crippen LogP contribution in [0.25, 0.3) is 21.9 Å². The van der Waals surface area contributed by atoms with E-state index in [0.29, 0.717) is 64.3 Å². The van der Waals surface area contributed by atoms with Gasteiger partial charge >= 0.3 is 5.97 Å². The van der Waals surface area contributed by atoms with Gasteiger partial charge in [-0.2, -0.15) is 5.26 Å². The summed E-state index contributed by atoms with van der Waals surface area (Å²) in [6.45, 7) is 5.88. The molecule has 2 fully saturated rings. The molecular weight excluding hydrogens is 646 g/mol. The molecule has 2 aliphatic rings. The highest BCUT2D eigenvalue weighted by Gasteiger charge is 2.56. The molecule has 2 aliphatic heterocycles. The second-order valence-corrected chi connectivity index (χ2v) is 13.1. The summed E-state index contributed by atoms with van der Waals surface area (Å²) in [5.41, 5.74) is 2.71. The third kappa shape index (κ3) is 5.44. The molecule has 1 amide bonds. The van der Waals surface area contributed by atoms with Crippen LogP contribution < -0.4 is 9.64 Å². The number of carbonyl (C=O) groups excluding carboxylic acids is 3. The van der Waals surface area contributed by atoms with Gasteiger partial charge in [0.2, 0.25) is 5.91 Å². The van der Waals surface area contributed by atoms with Crippen molar-refractivity contribution in [3.05, 3.63) is 82.9 Å². The molecule has 0 saturated carbocycles. The fraction of sp³-hybridized carbons (Fsp3) is 0.333. The number of amides is 1. The molecular formula is C36H34ClN7O5. The van der Waals surface area contributed by atoms with Gasteiger partial charge in [0.15, 0.2) is 6.73 Å². The number of anilines is 1. The molecule has 0 N–H and O–H groups in total. The van der Waals surface area contributed by atoms with Crippen LogP contribution in [0.4, 0.5) is 5.82 Å². The van der Waals surface area contributed by atoms with Crippen molar-refractivity contribution >= 4 is 57.1 Å². The normalized spacial score (nSPS) is 18.6. The van der Waals surface area contributed by atoms with Crippen molar-refractivity contribution in [2.24, 2.45) is 5.92 Å². The van der Waals surface area contributed by atoms with E-state index < -0.39 is 5.97 Å². The van der Waals surface area contributed by atoms with E-state index in [1.165, 1.54) is 6.33 Å². The quantitative estimate of drug-likeness (QED) is 0.205. The van der Waals surface area contributed by atoms with Crippen LogP contribution >= 0.6 is 11.6 Å². The van der Waals surface area contributed by atoms with Crippen molar-refractivity contribution in [2.75, 3.05) is 31.6 Å². The van der Waals surface area contributed by atoms with E-state index in [2.05, 4.69) is 21.8 Å². The number of fused-ring (bicyclic) bond motifs is 2. The highest BCUT2D eigenvalue weighted by molar-refractivity contribution is 6.30. The van der Waals surface area contributed by atoms with E-state index >= 15 is 0 Å². The van der Waals surface area contributed by atoms with Gasteiger partial charge in [-0.15, -0.1) is 0 Å². The van der Waals surface area contributed by atoms with Gasteiger partial charge in [-0.25, -0.2) is 9.97 Å². The number of rotatable bonds is 8. The Morgan fingerprint density at radius 1 is 1.10 bits per heavy atom. The van der Waals surface area contributed by atoms with Gasteiger partial charge in [0.05, 0.1) is 36.0 Å². The number of methoxy groups -OCH3 is 1. The Balaban J connectivity index is 1.10. The molecule has 13 heteroatoms. The summed E-state index contributed by atoms with van der Waals surface area (Å²) in [7, 11) is 1.57.